The summed E-state index contributed by atoms with van der Waals surface area (Å²) in [4.78, 5) is 26.1. The zero-order valence-corrected chi connectivity index (χ0v) is 19.0. The molecule has 5 heteroatoms. The van der Waals surface area contributed by atoms with Crippen LogP contribution in [0.2, 0.25) is 0 Å². The summed E-state index contributed by atoms with van der Waals surface area (Å²) in [5.74, 6) is 3.15. The fourth-order valence-corrected chi connectivity index (χ4v) is 5.20. The van der Waals surface area contributed by atoms with Crippen molar-refractivity contribution in [2.75, 3.05) is 6.54 Å². The van der Waals surface area contributed by atoms with Crippen LogP contribution < -0.4 is 5.32 Å². The Kier molecular flexibility index (Phi) is 7.31. The third kappa shape index (κ3) is 5.69. The maximum Gasteiger partial charge on any atom is 0.220 e. The molecule has 0 radical (unpaired) electrons. The van der Waals surface area contributed by atoms with Crippen LogP contribution in [-0.4, -0.2) is 27.4 Å². The molecular formula is C26H36N4O. The average molecular weight is 421 g/mol. The van der Waals surface area contributed by atoms with E-state index in [1.807, 2.05) is 30.7 Å². The zero-order valence-electron chi connectivity index (χ0n) is 19.0. The highest BCUT2D eigenvalue weighted by Crippen LogP contribution is 2.39. The molecular weight excluding hydrogens is 384 g/mol. The molecule has 4 rings (SSSR count). The topological polar surface area (TPSA) is 67.8 Å². The van der Waals surface area contributed by atoms with Crippen molar-refractivity contribution in [1.82, 2.24) is 20.3 Å². The summed E-state index contributed by atoms with van der Waals surface area (Å²) in [5, 5.41) is 3.22. The van der Waals surface area contributed by atoms with Gasteiger partial charge >= 0.3 is 0 Å². The summed E-state index contributed by atoms with van der Waals surface area (Å²) >= 11 is 0. The molecule has 166 valence electrons. The Labute approximate surface area is 186 Å². The van der Waals surface area contributed by atoms with Crippen LogP contribution >= 0.6 is 0 Å². The summed E-state index contributed by atoms with van der Waals surface area (Å²) in [7, 11) is 0. The highest BCUT2D eigenvalue weighted by Gasteiger charge is 2.27. The molecule has 2 heterocycles. The van der Waals surface area contributed by atoms with Gasteiger partial charge in [-0.15, -0.1) is 0 Å². The number of carbonyl (C=O) groups excluding carboxylic acids is 1. The summed E-state index contributed by atoms with van der Waals surface area (Å²) in [5.41, 5.74) is 3.47. The molecule has 2 aromatic rings. The Balaban J connectivity index is 1.37. The molecule has 31 heavy (non-hydrogen) atoms. The van der Waals surface area contributed by atoms with Crippen LogP contribution in [0.3, 0.4) is 0 Å². The fraction of sp³-hybridized carbons (Fsp3) is 0.615. The van der Waals surface area contributed by atoms with Gasteiger partial charge < -0.3 is 5.32 Å². The van der Waals surface area contributed by atoms with Gasteiger partial charge in [-0.2, -0.15) is 0 Å². The van der Waals surface area contributed by atoms with E-state index in [2.05, 4.69) is 29.1 Å². The first kappa shape index (κ1) is 21.9. The lowest BCUT2D eigenvalue weighted by atomic mass is 9.79. The van der Waals surface area contributed by atoms with Crippen molar-refractivity contribution in [1.29, 1.82) is 0 Å². The summed E-state index contributed by atoms with van der Waals surface area (Å²) in [6.45, 7) is 5.13. The van der Waals surface area contributed by atoms with Gasteiger partial charge in [0.15, 0.2) is 0 Å². The maximum absolute atomic E-state index is 12.3. The monoisotopic (exact) mass is 420 g/mol. The molecule has 0 spiro atoms. The Bertz CT molecular complexity index is 853. The van der Waals surface area contributed by atoms with Crippen LogP contribution in [0.15, 0.2) is 30.7 Å². The van der Waals surface area contributed by atoms with E-state index in [1.165, 1.54) is 31.4 Å². The van der Waals surface area contributed by atoms with E-state index in [9.17, 15) is 4.79 Å². The van der Waals surface area contributed by atoms with Gasteiger partial charge in [-0.3, -0.25) is 9.78 Å². The SMILES string of the molecule is CC(C)c1ncc(-c2ccncc2)c(C2CCC(CNC(=O)CC3CCCC3)CC2)n1. The van der Waals surface area contributed by atoms with E-state index in [0.717, 1.165) is 55.6 Å². The Morgan fingerprint density at radius 1 is 1.03 bits per heavy atom. The molecule has 2 saturated carbocycles. The van der Waals surface area contributed by atoms with Gasteiger partial charge in [-0.1, -0.05) is 26.7 Å². The Morgan fingerprint density at radius 2 is 1.74 bits per heavy atom. The van der Waals surface area contributed by atoms with Crippen molar-refractivity contribution >= 4 is 5.91 Å². The molecule has 2 aromatic heterocycles. The molecule has 2 aliphatic rings. The predicted molar refractivity (Wildman–Crippen MR) is 124 cm³/mol. The number of hydrogen-bond acceptors (Lipinski definition) is 4. The van der Waals surface area contributed by atoms with Gasteiger partial charge in [0.2, 0.25) is 5.91 Å². The maximum atomic E-state index is 12.3. The highest BCUT2D eigenvalue weighted by molar-refractivity contribution is 5.76. The van der Waals surface area contributed by atoms with Gasteiger partial charge in [0.05, 0.1) is 5.69 Å². The van der Waals surface area contributed by atoms with Gasteiger partial charge in [0.25, 0.3) is 0 Å². The van der Waals surface area contributed by atoms with Crippen LogP contribution in [0.25, 0.3) is 11.1 Å². The fourth-order valence-electron chi connectivity index (χ4n) is 5.20. The number of carbonyl (C=O) groups is 1. The van der Waals surface area contributed by atoms with Gasteiger partial charge in [0.1, 0.15) is 5.82 Å². The van der Waals surface area contributed by atoms with Crippen molar-refractivity contribution < 1.29 is 4.79 Å². The number of rotatable bonds is 7. The summed E-state index contributed by atoms with van der Waals surface area (Å²) < 4.78 is 0. The lowest BCUT2D eigenvalue weighted by molar-refractivity contribution is -0.122. The number of hydrogen-bond donors (Lipinski definition) is 1. The minimum absolute atomic E-state index is 0.256. The van der Waals surface area contributed by atoms with Crippen LogP contribution in [0.1, 0.15) is 95.0 Å². The molecule has 0 bridgehead atoms. The molecule has 1 amide bonds. The van der Waals surface area contributed by atoms with Crippen molar-refractivity contribution in [3.8, 4) is 11.1 Å². The zero-order chi connectivity index (χ0) is 21.6. The minimum Gasteiger partial charge on any atom is -0.356 e. The molecule has 0 unspecified atom stereocenters. The molecule has 0 aromatic carbocycles. The number of aromatic nitrogens is 3. The smallest absolute Gasteiger partial charge is 0.220 e. The van der Waals surface area contributed by atoms with E-state index in [4.69, 9.17) is 4.98 Å². The van der Waals surface area contributed by atoms with E-state index >= 15 is 0 Å². The lowest BCUT2D eigenvalue weighted by Crippen LogP contribution is -2.32. The molecule has 0 atom stereocenters. The van der Waals surface area contributed by atoms with Crippen LogP contribution in [0.4, 0.5) is 0 Å². The van der Waals surface area contributed by atoms with E-state index in [0.29, 0.717) is 23.7 Å². The average Bonchev–Trinajstić information content (AvgIpc) is 3.31. The molecule has 0 saturated heterocycles. The normalized spacial score (nSPS) is 22.0. The standard InChI is InChI=1S/C26H36N4O/c1-18(2)26-29-17-23(21-11-13-27-14-12-21)25(30-26)22-9-7-20(8-10-22)16-28-24(31)15-19-5-3-4-6-19/h11-14,17-20,22H,3-10,15-16H2,1-2H3,(H,28,31). The first-order valence-electron chi connectivity index (χ1n) is 12.1. The van der Waals surface area contributed by atoms with Gasteiger partial charge in [-0.25, -0.2) is 9.97 Å². The molecule has 5 nitrogen and oxygen atoms in total. The Morgan fingerprint density at radius 3 is 2.42 bits per heavy atom. The lowest BCUT2D eigenvalue weighted by Gasteiger charge is -2.30. The first-order valence-corrected chi connectivity index (χ1v) is 12.1. The second-order valence-electron chi connectivity index (χ2n) is 9.79. The van der Waals surface area contributed by atoms with Crippen molar-refractivity contribution in [3.63, 3.8) is 0 Å². The molecule has 1 N–H and O–H groups in total. The third-order valence-electron chi connectivity index (χ3n) is 7.11. The van der Waals surface area contributed by atoms with Gasteiger partial charge in [-0.05, 0) is 68.1 Å². The molecule has 0 aliphatic heterocycles. The second-order valence-corrected chi connectivity index (χ2v) is 9.79. The largest absolute Gasteiger partial charge is 0.356 e. The van der Waals surface area contributed by atoms with Gasteiger partial charge in [0, 0.05) is 49.0 Å². The summed E-state index contributed by atoms with van der Waals surface area (Å²) in [6, 6.07) is 4.09. The first-order chi connectivity index (χ1) is 15.1. The van der Waals surface area contributed by atoms with Crippen LogP contribution in [0, 0.1) is 11.8 Å². The van der Waals surface area contributed by atoms with E-state index in [-0.39, 0.29) is 5.91 Å². The second kappa shape index (κ2) is 10.3. The highest BCUT2D eigenvalue weighted by atomic mass is 16.1. The van der Waals surface area contributed by atoms with Crippen molar-refractivity contribution in [3.05, 3.63) is 42.2 Å². The minimum atomic E-state index is 0.256. The van der Waals surface area contributed by atoms with E-state index < -0.39 is 0 Å². The Hall–Kier alpha value is -2.30. The quantitative estimate of drug-likeness (QED) is 0.630. The number of nitrogens with one attached hydrogen (secondary N) is 1. The number of amides is 1. The number of pyridine rings is 1. The van der Waals surface area contributed by atoms with Crippen molar-refractivity contribution in [2.24, 2.45) is 11.8 Å². The predicted octanol–water partition coefficient (Wildman–Crippen LogP) is 5.63. The van der Waals surface area contributed by atoms with E-state index in [1.54, 1.807) is 0 Å². The summed E-state index contributed by atoms with van der Waals surface area (Å²) in [6.07, 6.45) is 16.0. The molecule has 2 aliphatic carbocycles. The van der Waals surface area contributed by atoms with Crippen LogP contribution in [-0.2, 0) is 4.79 Å². The molecule has 2 fully saturated rings. The van der Waals surface area contributed by atoms with Crippen molar-refractivity contribution in [2.45, 2.75) is 83.5 Å². The van der Waals surface area contributed by atoms with Crippen LogP contribution in [0.5, 0.6) is 0 Å². The third-order valence-corrected chi connectivity index (χ3v) is 7.11. The number of nitrogens with zero attached hydrogens (tertiary/aromatic N) is 3.